The number of carbonyl (C=O) groups excluding carboxylic acids is 1. The van der Waals surface area contributed by atoms with Gasteiger partial charge in [-0.2, -0.15) is 0 Å². The highest BCUT2D eigenvalue weighted by Gasteiger charge is 1.98. The quantitative estimate of drug-likeness (QED) is 0.659. The number of phenols is 1. The molecule has 0 heterocycles. The Morgan fingerprint density at radius 1 is 0.842 bits per heavy atom. The van der Waals surface area contributed by atoms with Gasteiger partial charge < -0.3 is 5.11 Å². The smallest absolute Gasteiger partial charge is 0.153 e. The molecule has 1 N–H and O–H groups in total. The summed E-state index contributed by atoms with van der Waals surface area (Å²) in [6.07, 6.45) is 8.35. The number of allylic oxidation sites excluding steroid dienone is 2. The number of hydrogen-bond acceptors (Lipinski definition) is 2. The van der Waals surface area contributed by atoms with E-state index < -0.39 is 0 Å². The molecule has 0 aliphatic heterocycles. The van der Waals surface area contributed by atoms with Crippen LogP contribution < -0.4 is 0 Å². The van der Waals surface area contributed by atoms with Gasteiger partial charge in [0.1, 0.15) is 5.75 Å². The van der Waals surface area contributed by atoms with E-state index in [1.807, 2.05) is 54.6 Å². The molecule has 0 saturated heterocycles. The van der Waals surface area contributed by atoms with Crippen LogP contribution in [0.1, 0.15) is 21.5 Å². The Bertz CT molecular complexity index is 610. The minimum atomic E-state index is 0.00646. The average Bonchev–Trinajstić information content (AvgIpc) is 2.46. The molecule has 2 nitrogen and oxygen atoms in total. The first-order valence-electron chi connectivity index (χ1n) is 5.97. The zero-order chi connectivity index (χ0) is 13.5. The summed E-state index contributed by atoms with van der Waals surface area (Å²) < 4.78 is 0. The van der Waals surface area contributed by atoms with Crippen LogP contribution >= 0.6 is 0 Å². The monoisotopic (exact) mass is 250 g/mol. The second-order valence-corrected chi connectivity index (χ2v) is 4.07. The second kappa shape index (κ2) is 6.36. The summed E-state index contributed by atoms with van der Waals surface area (Å²) in [5, 5.41) is 9.39. The maximum absolute atomic E-state index is 10.7. The maximum Gasteiger partial charge on any atom is 0.153 e. The van der Waals surface area contributed by atoms with Crippen LogP contribution in [0.15, 0.2) is 60.7 Å². The number of hydrogen-bond donors (Lipinski definition) is 1. The van der Waals surface area contributed by atoms with Crippen molar-refractivity contribution in [2.24, 2.45) is 0 Å². The highest BCUT2D eigenvalue weighted by molar-refractivity contribution is 5.80. The van der Waals surface area contributed by atoms with Crippen molar-refractivity contribution in [2.75, 3.05) is 0 Å². The summed E-state index contributed by atoms with van der Waals surface area (Å²) in [6, 6.07) is 14.9. The van der Waals surface area contributed by atoms with Gasteiger partial charge in [0.15, 0.2) is 6.29 Å². The lowest BCUT2D eigenvalue weighted by Crippen LogP contribution is -1.82. The molecule has 0 unspecified atom stereocenters. The van der Waals surface area contributed by atoms with Crippen molar-refractivity contribution in [3.8, 4) is 5.75 Å². The molecule has 0 spiro atoms. The van der Waals surface area contributed by atoms with Crippen molar-refractivity contribution >= 4 is 18.4 Å². The number of rotatable bonds is 4. The molecule has 0 saturated carbocycles. The van der Waals surface area contributed by atoms with E-state index in [4.69, 9.17) is 0 Å². The molecular formula is C17H14O2. The number of phenolic OH excluding ortho intramolecular Hbond substituents is 1. The standard InChI is InChI=1S/C17H14O2/c18-13-16-12-15(10-11-17(16)19)9-5-4-8-14-6-2-1-3-7-14/h1-13,19H/b8-4+,9-5-. The van der Waals surface area contributed by atoms with Crippen LogP contribution in [0, 0.1) is 0 Å². The Labute approximate surface area is 112 Å². The summed E-state index contributed by atoms with van der Waals surface area (Å²) in [7, 11) is 0. The molecular weight excluding hydrogens is 236 g/mol. The van der Waals surface area contributed by atoms with Gasteiger partial charge in [-0.1, -0.05) is 60.7 Å². The van der Waals surface area contributed by atoms with Crippen molar-refractivity contribution in [1.82, 2.24) is 0 Å². The number of aldehydes is 1. The van der Waals surface area contributed by atoms with E-state index in [2.05, 4.69) is 0 Å². The molecule has 2 aromatic carbocycles. The third-order valence-corrected chi connectivity index (χ3v) is 2.67. The zero-order valence-corrected chi connectivity index (χ0v) is 10.4. The molecule has 0 aliphatic carbocycles. The molecule has 2 rings (SSSR count). The molecule has 0 atom stereocenters. The van der Waals surface area contributed by atoms with Crippen LogP contribution in [0.5, 0.6) is 5.75 Å². The summed E-state index contributed by atoms with van der Waals surface area (Å²) in [4.78, 5) is 10.7. The summed E-state index contributed by atoms with van der Waals surface area (Å²) in [5.41, 5.74) is 2.30. The van der Waals surface area contributed by atoms with E-state index in [1.165, 1.54) is 6.07 Å². The lowest BCUT2D eigenvalue weighted by atomic mass is 10.1. The Morgan fingerprint density at radius 3 is 2.21 bits per heavy atom. The van der Waals surface area contributed by atoms with Crippen LogP contribution in [0.3, 0.4) is 0 Å². The molecule has 2 aromatic rings. The molecule has 0 aromatic heterocycles. The van der Waals surface area contributed by atoms with E-state index in [0.717, 1.165) is 11.1 Å². The third-order valence-electron chi connectivity index (χ3n) is 2.67. The minimum absolute atomic E-state index is 0.00646. The SMILES string of the molecule is O=Cc1cc(/C=C\C=C\c2ccccc2)ccc1O. The topological polar surface area (TPSA) is 37.3 Å². The van der Waals surface area contributed by atoms with Crippen molar-refractivity contribution in [2.45, 2.75) is 0 Å². The van der Waals surface area contributed by atoms with Crippen molar-refractivity contribution < 1.29 is 9.90 Å². The maximum atomic E-state index is 10.7. The molecule has 19 heavy (non-hydrogen) atoms. The summed E-state index contributed by atoms with van der Waals surface area (Å²) >= 11 is 0. The molecule has 2 heteroatoms. The summed E-state index contributed by atoms with van der Waals surface area (Å²) in [6.45, 7) is 0. The average molecular weight is 250 g/mol. The van der Waals surface area contributed by atoms with E-state index in [1.54, 1.807) is 12.1 Å². The van der Waals surface area contributed by atoms with Gasteiger partial charge in [0.05, 0.1) is 5.56 Å². The first-order valence-corrected chi connectivity index (χ1v) is 5.97. The predicted molar refractivity (Wildman–Crippen MR) is 78.0 cm³/mol. The minimum Gasteiger partial charge on any atom is -0.507 e. The largest absolute Gasteiger partial charge is 0.507 e. The first kappa shape index (κ1) is 12.8. The lowest BCUT2D eigenvalue weighted by Gasteiger charge is -1.98. The molecule has 0 bridgehead atoms. The van der Waals surface area contributed by atoms with Crippen LogP contribution in [0.2, 0.25) is 0 Å². The van der Waals surface area contributed by atoms with Crippen molar-refractivity contribution in [3.63, 3.8) is 0 Å². The van der Waals surface area contributed by atoms with Crippen molar-refractivity contribution in [3.05, 3.63) is 77.4 Å². The Kier molecular flexibility index (Phi) is 4.29. The van der Waals surface area contributed by atoms with Gasteiger partial charge in [0, 0.05) is 0 Å². The summed E-state index contributed by atoms with van der Waals surface area (Å²) in [5.74, 6) is 0.00646. The van der Waals surface area contributed by atoms with Crippen LogP contribution in [-0.4, -0.2) is 11.4 Å². The molecule has 94 valence electrons. The Hall–Kier alpha value is -2.61. The number of carbonyl (C=O) groups is 1. The van der Waals surface area contributed by atoms with E-state index in [0.29, 0.717) is 11.8 Å². The predicted octanol–water partition coefficient (Wildman–Crippen LogP) is 3.93. The van der Waals surface area contributed by atoms with Gasteiger partial charge in [-0.15, -0.1) is 0 Å². The first-order chi connectivity index (χ1) is 9.29. The van der Waals surface area contributed by atoms with Gasteiger partial charge in [0.2, 0.25) is 0 Å². The Morgan fingerprint density at radius 2 is 1.53 bits per heavy atom. The van der Waals surface area contributed by atoms with Gasteiger partial charge in [-0.05, 0) is 23.3 Å². The second-order valence-electron chi connectivity index (χ2n) is 4.07. The lowest BCUT2D eigenvalue weighted by molar-refractivity contribution is 0.112. The van der Waals surface area contributed by atoms with E-state index >= 15 is 0 Å². The normalized spacial score (nSPS) is 11.2. The molecule has 0 aliphatic rings. The van der Waals surface area contributed by atoms with Crippen LogP contribution in [0.4, 0.5) is 0 Å². The fraction of sp³-hybridized carbons (Fsp3) is 0. The molecule has 0 fully saturated rings. The Balaban J connectivity index is 2.07. The van der Waals surface area contributed by atoms with E-state index in [-0.39, 0.29) is 5.75 Å². The molecule has 0 radical (unpaired) electrons. The number of aromatic hydroxyl groups is 1. The van der Waals surface area contributed by atoms with E-state index in [9.17, 15) is 9.90 Å². The highest BCUT2D eigenvalue weighted by atomic mass is 16.3. The fourth-order valence-corrected chi connectivity index (χ4v) is 1.67. The van der Waals surface area contributed by atoms with Crippen LogP contribution in [-0.2, 0) is 0 Å². The highest BCUT2D eigenvalue weighted by Crippen LogP contribution is 2.17. The number of benzene rings is 2. The molecule has 0 amide bonds. The fourth-order valence-electron chi connectivity index (χ4n) is 1.67. The van der Waals surface area contributed by atoms with Crippen LogP contribution in [0.25, 0.3) is 12.2 Å². The van der Waals surface area contributed by atoms with Gasteiger partial charge in [0.25, 0.3) is 0 Å². The van der Waals surface area contributed by atoms with Gasteiger partial charge in [-0.3, -0.25) is 4.79 Å². The van der Waals surface area contributed by atoms with Crippen molar-refractivity contribution in [1.29, 1.82) is 0 Å². The zero-order valence-electron chi connectivity index (χ0n) is 10.4. The van der Waals surface area contributed by atoms with Gasteiger partial charge >= 0.3 is 0 Å². The van der Waals surface area contributed by atoms with Gasteiger partial charge in [-0.25, -0.2) is 0 Å². The third kappa shape index (κ3) is 3.68.